The molecule has 1 amide bonds. The van der Waals surface area contributed by atoms with Crippen molar-refractivity contribution < 1.29 is 14.3 Å². The molecular weight excluding hydrogens is 356 g/mol. The maximum atomic E-state index is 13.1. The molecule has 1 N–H and O–H groups in total. The first-order valence-corrected chi connectivity index (χ1v) is 9.43. The molecule has 1 saturated heterocycles. The number of carbonyl (C=O) groups is 2. The van der Waals surface area contributed by atoms with E-state index in [0.717, 1.165) is 29.7 Å². The van der Waals surface area contributed by atoms with Crippen LogP contribution >= 0.6 is 0 Å². The Morgan fingerprint density at radius 2 is 1.79 bits per heavy atom. The third kappa shape index (κ3) is 3.98. The molecule has 7 nitrogen and oxygen atoms in total. The Balaban J connectivity index is 1.75. The summed E-state index contributed by atoms with van der Waals surface area (Å²) in [6, 6.07) is 3.75. The van der Waals surface area contributed by atoms with E-state index in [-0.39, 0.29) is 17.6 Å². The fraction of sp³-hybridized carbons (Fsp3) is 0.429. The van der Waals surface area contributed by atoms with Crippen molar-refractivity contribution in [2.75, 3.05) is 32.6 Å². The summed E-state index contributed by atoms with van der Waals surface area (Å²) < 4.78 is 5.39. The van der Waals surface area contributed by atoms with Crippen LogP contribution in [0.5, 0.6) is 5.75 Å². The molecule has 1 aromatic heterocycles. The van der Waals surface area contributed by atoms with Gasteiger partial charge in [0, 0.05) is 44.0 Å². The lowest BCUT2D eigenvalue weighted by Gasteiger charge is -2.32. The monoisotopic (exact) mass is 382 g/mol. The van der Waals surface area contributed by atoms with Crippen molar-refractivity contribution in [3.8, 4) is 5.75 Å². The molecule has 0 radical (unpaired) electrons. The van der Waals surface area contributed by atoms with Gasteiger partial charge in [0.25, 0.3) is 5.91 Å². The number of hydrogen-bond donors (Lipinski definition) is 1. The number of carbonyl (C=O) groups excluding carboxylic acids is 2. The standard InChI is InChI=1S/C21H26N4O3/c1-13-8-16(9-14(2)19(13)28-4)18(26)15-6-5-7-25(12-15)20(27)17-10-23-21(22-3)24-11-17/h8-11,15H,5-7,12H2,1-4H3,(H,22,23,24)/t15-/m1/s1. The summed E-state index contributed by atoms with van der Waals surface area (Å²) >= 11 is 0. The number of anilines is 1. The molecule has 2 heterocycles. The molecule has 1 atom stereocenters. The number of benzene rings is 1. The van der Waals surface area contributed by atoms with Gasteiger partial charge in [0.1, 0.15) is 5.75 Å². The van der Waals surface area contributed by atoms with Crippen molar-refractivity contribution in [2.24, 2.45) is 5.92 Å². The lowest BCUT2D eigenvalue weighted by atomic mass is 9.88. The van der Waals surface area contributed by atoms with E-state index in [1.165, 1.54) is 12.4 Å². The summed E-state index contributed by atoms with van der Waals surface area (Å²) in [6.45, 7) is 4.93. The smallest absolute Gasteiger partial charge is 0.257 e. The van der Waals surface area contributed by atoms with E-state index in [9.17, 15) is 9.59 Å². The number of ketones is 1. The second kappa shape index (κ2) is 8.37. The summed E-state index contributed by atoms with van der Waals surface area (Å²) in [7, 11) is 3.36. The van der Waals surface area contributed by atoms with Crippen molar-refractivity contribution in [3.05, 3.63) is 46.8 Å². The van der Waals surface area contributed by atoms with Gasteiger partial charge >= 0.3 is 0 Å². The lowest BCUT2D eigenvalue weighted by Crippen LogP contribution is -2.42. The van der Waals surface area contributed by atoms with Gasteiger partial charge in [-0.3, -0.25) is 9.59 Å². The zero-order valence-electron chi connectivity index (χ0n) is 16.8. The maximum absolute atomic E-state index is 13.1. The largest absolute Gasteiger partial charge is 0.496 e. The summed E-state index contributed by atoms with van der Waals surface area (Å²) in [4.78, 5) is 35.8. The predicted octanol–water partition coefficient (Wildman–Crippen LogP) is 2.88. The van der Waals surface area contributed by atoms with E-state index in [0.29, 0.717) is 30.2 Å². The molecule has 1 fully saturated rings. The van der Waals surface area contributed by atoms with Crippen molar-refractivity contribution in [1.29, 1.82) is 0 Å². The summed E-state index contributed by atoms with van der Waals surface area (Å²) in [5.74, 6) is 1.01. The van der Waals surface area contributed by atoms with E-state index in [1.54, 1.807) is 19.1 Å². The molecule has 0 saturated carbocycles. The first-order chi connectivity index (χ1) is 13.4. The maximum Gasteiger partial charge on any atom is 0.257 e. The number of amides is 1. The number of ether oxygens (including phenoxy) is 1. The number of nitrogens with one attached hydrogen (secondary N) is 1. The van der Waals surface area contributed by atoms with Crippen LogP contribution in [0.4, 0.5) is 5.95 Å². The fourth-order valence-electron chi connectivity index (χ4n) is 3.78. The Kier molecular flexibility index (Phi) is 5.92. The van der Waals surface area contributed by atoms with Crippen molar-refractivity contribution >= 4 is 17.6 Å². The molecule has 7 heteroatoms. The van der Waals surface area contributed by atoms with Gasteiger partial charge in [-0.2, -0.15) is 0 Å². The average molecular weight is 382 g/mol. The third-order valence-corrected chi connectivity index (χ3v) is 5.15. The molecule has 1 aliphatic heterocycles. The number of nitrogens with zero attached hydrogens (tertiary/aromatic N) is 3. The Morgan fingerprint density at radius 1 is 1.14 bits per heavy atom. The zero-order chi connectivity index (χ0) is 20.3. The van der Waals surface area contributed by atoms with Crippen molar-refractivity contribution in [3.63, 3.8) is 0 Å². The SMILES string of the molecule is CNc1ncc(C(=O)N2CCC[C@@H](C(=O)c3cc(C)c(OC)c(C)c3)C2)cn1. The molecule has 28 heavy (non-hydrogen) atoms. The van der Waals surface area contributed by atoms with Gasteiger partial charge in [0.15, 0.2) is 5.78 Å². The molecule has 1 aromatic carbocycles. The van der Waals surface area contributed by atoms with Crippen molar-refractivity contribution in [2.45, 2.75) is 26.7 Å². The lowest BCUT2D eigenvalue weighted by molar-refractivity contribution is 0.0636. The number of aromatic nitrogens is 2. The molecule has 148 valence electrons. The van der Waals surface area contributed by atoms with Crippen molar-refractivity contribution in [1.82, 2.24) is 14.9 Å². The van der Waals surface area contributed by atoms with Crippen LogP contribution < -0.4 is 10.1 Å². The van der Waals surface area contributed by atoms with Crippen LogP contribution in [-0.4, -0.2) is 53.8 Å². The number of methoxy groups -OCH3 is 1. The molecule has 0 aliphatic carbocycles. The van der Waals surface area contributed by atoms with Gasteiger partial charge in [-0.25, -0.2) is 9.97 Å². The zero-order valence-corrected chi connectivity index (χ0v) is 16.8. The van der Waals surface area contributed by atoms with Gasteiger partial charge in [-0.1, -0.05) is 0 Å². The number of rotatable bonds is 5. The molecule has 0 bridgehead atoms. The molecular formula is C21H26N4O3. The number of Topliss-reactive ketones (excluding diaryl/α,β-unsaturated/α-hetero) is 1. The molecule has 3 rings (SSSR count). The number of aryl methyl sites for hydroxylation is 2. The van der Waals surface area contributed by atoms with E-state index in [4.69, 9.17) is 4.74 Å². The van der Waals surface area contributed by atoms with Gasteiger partial charge in [0.2, 0.25) is 5.95 Å². The van der Waals surface area contributed by atoms with Crippen LogP contribution in [0.3, 0.4) is 0 Å². The first kappa shape index (κ1) is 19.8. The topological polar surface area (TPSA) is 84.4 Å². The molecule has 1 aliphatic rings. The highest BCUT2D eigenvalue weighted by Crippen LogP contribution is 2.28. The normalized spacial score (nSPS) is 16.6. The predicted molar refractivity (Wildman–Crippen MR) is 107 cm³/mol. The fourth-order valence-corrected chi connectivity index (χ4v) is 3.78. The van der Waals surface area contributed by atoms with Crippen LogP contribution in [-0.2, 0) is 0 Å². The van der Waals surface area contributed by atoms with E-state index < -0.39 is 0 Å². The molecule has 2 aromatic rings. The quantitative estimate of drug-likeness (QED) is 0.801. The average Bonchev–Trinajstić information content (AvgIpc) is 2.72. The van der Waals surface area contributed by atoms with Gasteiger partial charge < -0.3 is 15.0 Å². The minimum atomic E-state index is -0.206. The summed E-state index contributed by atoms with van der Waals surface area (Å²) in [5, 5.41) is 2.83. The first-order valence-electron chi connectivity index (χ1n) is 9.43. The Labute approximate surface area is 165 Å². The highest BCUT2D eigenvalue weighted by molar-refractivity contribution is 5.99. The van der Waals surface area contributed by atoms with Crippen LogP contribution in [0.1, 0.15) is 44.7 Å². The Hall–Kier alpha value is -2.96. The Bertz CT molecular complexity index is 857. The van der Waals surface area contributed by atoms with Crippen LogP contribution in [0.25, 0.3) is 0 Å². The van der Waals surface area contributed by atoms with E-state index in [2.05, 4.69) is 15.3 Å². The van der Waals surface area contributed by atoms with Gasteiger partial charge in [-0.15, -0.1) is 0 Å². The van der Waals surface area contributed by atoms with E-state index in [1.807, 2.05) is 26.0 Å². The molecule has 0 spiro atoms. The van der Waals surface area contributed by atoms with E-state index >= 15 is 0 Å². The highest BCUT2D eigenvalue weighted by Gasteiger charge is 2.30. The van der Waals surface area contributed by atoms with Crippen LogP contribution in [0, 0.1) is 19.8 Å². The van der Waals surface area contributed by atoms with Gasteiger partial charge in [-0.05, 0) is 49.9 Å². The van der Waals surface area contributed by atoms with Crippen LogP contribution in [0.2, 0.25) is 0 Å². The van der Waals surface area contributed by atoms with Gasteiger partial charge in [0.05, 0.1) is 12.7 Å². The highest BCUT2D eigenvalue weighted by atomic mass is 16.5. The number of hydrogen-bond acceptors (Lipinski definition) is 6. The minimum absolute atomic E-state index is 0.0770. The number of likely N-dealkylation sites (tertiary alicyclic amines) is 1. The number of piperidine rings is 1. The summed E-state index contributed by atoms with van der Waals surface area (Å²) in [6.07, 6.45) is 4.61. The molecule has 0 unspecified atom stereocenters. The second-order valence-corrected chi connectivity index (χ2v) is 7.14. The minimum Gasteiger partial charge on any atom is -0.496 e. The summed E-state index contributed by atoms with van der Waals surface area (Å²) in [5.41, 5.74) is 2.99. The second-order valence-electron chi connectivity index (χ2n) is 7.14. The van der Waals surface area contributed by atoms with Crippen LogP contribution in [0.15, 0.2) is 24.5 Å². The third-order valence-electron chi connectivity index (χ3n) is 5.15. The Morgan fingerprint density at radius 3 is 2.36 bits per heavy atom.